The van der Waals surface area contributed by atoms with E-state index in [0.717, 1.165) is 16.7 Å². The minimum atomic E-state index is -0.0321. The van der Waals surface area contributed by atoms with Gasteiger partial charge in [0.2, 0.25) is 0 Å². The highest BCUT2D eigenvalue weighted by Crippen LogP contribution is 2.28. The highest BCUT2D eigenvalue weighted by molar-refractivity contribution is 5.84. The van der Waals surface area contributed by atoms with Crippen LogP contribution in [0.25, 0.3) is 22.0 Å². The second-order valence-corrected chi connectivity index (χ2v) is 8.54. The minimum absolute atomic E-state index is 0.0321. The van der Waals surface area contributed by atoms with Crippen molar-refractivity contribution in [1.29, 1.82) is 0 Å². The van der Waals surface area contributed by atoms with Crippen LogP contribution in [0, 0.1) is 0 Å². The second-order valence-electron chi connectivity index (χ2n) is 8.54. The minimum Gasteiger partial charge on any atom is -0.240 e. The van der Waals surface area contributed by atoms with Crippen LogP contribution in [0.1, 0.15) is 52.9 Å². The first-order chi connectivity index (χ1) is 11.1. The summed E-state index contributed by atoms with van der Waals surface area (Å²) in [6.07, 6.45) is 1.94. The van der Waals surface area contributed by atoms with Crippen molar-refractivity contribution in [3.8, 4) is 11.1 Å². The van der Waals surface area contributed by atoms with E-state index in [4.69, 9.17) is 4.98 Å². The van der Waals surface area contributed by atoms with Crippen LogP contribution in [0.5, 0.6) is 0 Å². The van der Waals surface area contributed by atoms with Crippen LogP contribution in [-0.2, 0) is 10.8 Å². The fraction of sp³-hybridized carbons (Fsp3) is 0.364. The summed E-state index contributed by atoms with van der Waals surface area (Å²) in [5, 5.41) is 1.08. The molecule has 2 heteroatoms. The van der Waals surface area contributed by atoms with Gasteiger partial charge < -0.3 is 0 Å². The summed E-state index contributed by atoms with van der Waals surface area (Å²) >= 11 is 0. The topological polar surface area (TPSA) is 25.8 Å². The molecule has 0 aliphatic rings. The first-order valence-electron chi connectivity index (χ1n) is 8.53. The number of hydrogen-bond acceptors (Lipinski definition) is 2. The van der Waals surface area contributed by atoms with E-state index in [1.807, 2.05) is 6.20 Å². The highest BCUT2D eigenvalue weighted by Gasteiger charge is 2.17. The van der Waals surface area contributed by atoms with Crippen molar-refractivity contribution in [2.75, 3.05) is 0 Å². The zero-order chi connectivity index (χ0) is 17.5. The molecule has 0 N–H and O–H groups in total. The van der Waals surface area contributed by atoms with Gasteiger partial charge in [-0.2, -0.15) is 0 Å². The molecule has 1 aromatic heterocycles. The summed E-state index contributed by atoms with van der Waals surface area (Å²) < 4.78 is 0. The normalized spacial score (nSPS) is 12.6. The predicted octanol–water partition coefficient (Wildman–Crippen LogP) is 5.89. The molecule has 3 aromatic rings. The van der Waals surface area contributed by atoms with Crippen molar-refractivity contribution in [2.45, 2.75) is 52.4 Å². The average molecular weight is 318 g/mol. The molecule has 0 atom stereocenters. The van der Waals surface area contributed by atoms with E-state index < -0.39 is 0 Å². The van der Waals surface area contributed by atoms with E-state index in [1.54, 1.807) is 0 Å². The molecule has 0 radical (unpaired) electrons. The van der Waals surface area contributed by atoms with Gasteiger partial charge in [-0.25, -0.2) is 9.97 Å². The summed E-state index contributed by atoms with van der Waals surface area (Å²) in [5.41, 5.74) is 4.93. The average Bonchev–Trinajstić information content (AvgIpc) is 2.52. The molecule has 124 valence electrons. The standard InChI is InChI=1S/C22H26N2/c1-21(2,3)18-10-7-15(8-11-18)16-9-12-19-17(13-16)14-23-20(24-19)22(4,5)6/h7-14H,1-6H3. The molecule has 0 saturated carbocycles. The molecule has 0 amide bonds. The van der Waals surface area contributed by atoms with Gasteiger partial charge >= 0.3 is 0 Å². The van der Waals surface area contributed by atoms with Crippen LogP contribution >= 0.6 is 0 Å². The Morgan fingerprint density at radius 1 is 0.708 bits per heavy atom. The van der Waals surface area contributed by atoms with Crippen LogP contribution in [0.15, 0.2) is 48.7 Å². The van der Waals surface area contributed by atoms with Crippen molar-refractivity contribution in [3.05, 3.63) is 60.0 Å². The smallest absolute Gasteiger partial charge is 0.134 e. The van der Waals surface area contributed by atoms with E-state index in [0.29, 0.717) is 0 Å². The molecule has 0 aliphatic heterocycles. The summed E-state index contributed by atoms with van der Waals surface area (Å²) in [4.78, 5) is 9.26. The molecule has 0 unspecified atom stereocenters. The summed E-state index contributed by atoms with van der Waals surface area (Å²) in [6.45, 7) is 13.1. The lowest BCUT2D eigenvalue weighted by Crippen LogP contribution is -2.15. The SMILES string of the molecule is CC(C)(C)c1ccc(-c2ccc3nc(C(C)(C)C)ncc3c2)cc1. The van der Waals surface area contributed by atoms with Crippen molar-refractivity contribution in [3.63, 3.8) is 0 Å². The third-order valence-corrected chi connectivity index (χ3v) is 4.33. The van der Waals surface area contributed by atoms with Crippen LogP contribution in [-0.4, -0.2) is 9.97 Å². The summed E-state index contributed by atoms with van der Waals surface area (Å²) in [7, 11) is 0. The van der Waals surface area contributed by atoms with Gasteiger partial charge in [-0.15, -0.1) is 0 Å². The zero-order valence-corrected chi connectivity index (χ0v) is 15.5. The Morgan fingerprint density at radius 3 is 1.92 bits per heavy atom. The zero-order valence-electron chi connectivity index (χ0n) is 15.5. The van der Waals surface area contributed by atoms with E-state index >= 15 is 0 Å². The first-order valence-corrected chi connectivity index (χ1v) is 8.53. The lowest BCUT2D eigenvalue weighted by atomic mass is 9.86. The number of fused-ring (bicyclic) bond motifs is 1. The third-order valence-electron chi connectivity index (χ3n) is 4.33. The number of nitrogens with zero attached hydrogens (tertiary/aromatic N) is 2. The molecule has 24 heavy (non-hydrogen) atoms. The Balaban J connectivity index is 1.99. The maximum atomic E-state index is 4.72. The molecule has 0 saturated heterocycles. The van der Waals surface area contributed by atoms with Gasteiger partial charge in [-0.05, 0) is 34.2 Å². The lowest BCUT2D eigenvalue weighted by molar-refractivity contribution is 0.548. The summed E-state index contributed by atoms with van der Waals surface area (Å²) in [6, 6.07) is 15.3. The number of hydrogen-bond donors (Lipinski definition) is 0. The molecule has 2 aromatic carbocycles. The number of benzene rings is 2. The maximum absolute atomic E-state index is 4.72. The van der Waals surface area contributed by atoms with Crippen molar-refractivity contribution >= 4 is 10.9 Å². The van der Waals surface area contributed by atoms with Gasteiger partial charge in [-0.1, -0.05) is 71.9 Å². The molecule has 1 heterocycles. The fourth-order valence-electron chi connectivity index (χ4n) is 2.74. The molecular formula is C22H26N2. The molecular weight excluding hydrogens is 292 g/mol. The maximum Gasteiger partial charge on any atom is 0.134 e. The molecule has 3 rings (SSSR count). The Kier molecular flexibility index (Phi) is 3.95. The largest absolute Gasteiger partial charge is 0.240 e. The van der Waals surface area contributed by atoms with Gasteiger partial charge in [-0.3, -0.25) is 0 Å². The lowest BCUT2D eigenvalue weighted by Gasteiger charge is -2.19. The van der Waals surface area contributed by atoms with Gasteiger partial charge in [0.15, 0.2) is 0 Å². The highest BCUT2D eigenvalue weighted by atomic mass is 14.9. The van der Waals surface area contributed by atoms with Crippen LogP contribution in [0.3, 0.4) is 0 Å². The van der Waals surface area contributed by atoms with Gasteiger partial charge in [0.25, 0.3) is 0 Å². The monoisotopic (exact) mass is 318 g/mol. The van der Waals surface area contributed by atoms with Gasteiger partial charge in [0.05, 0.1) is 5.52 Å². The quantitative estimate of drug-likeness (QED) is 0.559. The van der Waals surface area contributed by atoms with Crippen LogP contribution in [0.4, 0.5) is 0 Å². The molecule has 0 aliphatic carbocycles. The van der Waals surface area contributed by atoms with Gasteiger partial charge in [0.1, 0.15) is 5.82 Å². The predicted molar refractivity (Wildman–Crippen MR) is 102 cm³/mol. The number of aromatic nitrogens is 2. The van der Waals surface area contributed by atoms with Crippen molar-refractivity contribution in [2.24, 2.45) is 0 Å². The van der Waals surface area contributed by atoms with Crippen LogP contribution < -0.4 is 0 Å². The Labute approximate surface area is 145 Å². The Hall–Kier alpha value is -2.22. The van der Waals surface area contributed by atoms with Crippen molar-refractivity contribution in [1.82, 2.24) is 9.97 Å². The first kappa shape index (κ1) is 16.6. The fourth-order valence-corrected chi connectivity index (χ4v) is 2.74. The Morgan fingerprint density at radius 2 is 1.33 bits per heavy atom. The Bertz CT molecular complexity index is 863. The van der Waals surface area contributed by atoms with Gasteiger partial charge in [0, 0.05) is 17.0 Å². The van der Waals surface area contributed by atoms with E-state index in [1.165, 1.54) is 16.7 Å². The van der Waals surface area contributed by atoms with E-state index in [2.05, 4.69) is 89.0 Å². The van der Waals surface area contributed by atoms with Crippen molar-refractivity contribution < 1.29 is 0 Å². The molecule has 0 fully saturated rings. The van der Waals surface area contributed by atoms with E-state index in [-0.39, 0.29) is 10.8 Å². The molecule has 2 nitrogen and oxygen atoms in total. The van der Waals surface area contributed by atoms with Crippen LogP contribution in [0.2, 0.25) is 0 Å². The second kappa shape index (κ2) is 5.70. The summed E-state index contributed by atoms with van der Waals surface area (Å²) in [5.74, 6) is 0.886. The third kappa shape index (κ3) is 3.33. The van der Waals surface area contributed by atoms with E-state index in [9.17, 15) is 0 Å². The number of rotatable bonds is 1. The molecule has 0 spiro atoms. The molecule has 0 bridgehead atoms.